The van der Waals surface area contributed by atoms with Crippen LogP contribution in [0, 0.1) is 0 Å². The SMILES string of the molecule is COc1cc(CCC(=O)N2C[C@H]3OCCCCCCCCN(C)C(=O)c4ccccc4O[C@@H]3C2)on1. The third kappa shape index (κ3) is 6.78. The first-order valence-corrected chi connectivity index (χ1v) is 12.9. The lowest BCUT2D eigenvalue weighted by Gasteiger charge is -2.24. The van der Waals surface area contributed by atoms with Crippen LogP contribution in [0.25, 0.3) is 0 Å². The quantitative estimate of drug-likeness (QED) is 0.633. The van der Waals surface area contributed by atoms with Crippen molar-refractivity contribution in [2.45, 2.75) is 63.6 Å². The molecule has 0 spiro atoms. The van der Waals surface area contributed by atoms with Crippen molar-refractivity contribution >= 4 is 11.8 Å². The summed E-state index contributed by atoms with van der Waals surface area (Å²) in [5.41, 5.74) is 0.537. The number of para-hydroxylation sites is 1. The minimum Gasteiger partial charge on any atom is -0.485 e. The van der Waals surface area contributed by atoms with E-state index in [1.807, 2.05) is 25.2 Å². The second-order valence-corrected chi connectivity index (χ2v) is 9.54. The Labute approximate surface area is 212 Å². The van der Waals surface area contributed by atoms with E-state index >= 15 is 0 Å². The van der Waals surface area contributed by atoms with E-state index in [2.05, 4.69) is 5.16 Å². The number of ether oxygens (including phenoxy) is 3. The lowest BCUT2D eigenvalue weighted by atomic mass is 10.1. The second kappa shape index (κ2) is 12.8. The fourth-order valence-corrected chi connectivity index (χ4v) is 4.73. The number of likely N-dealkylation sites (tertiary alicyclic amines) is 1. The van der Waals surface area contributed by atoms with Crippen molar-refractivity contribution in [1.82, 2.24) is 15.0 Å². The Morgan fingerprint density at radius 1 is 1.08 bits per heavy atom. The molecule has 0 N–H and O–H groups in total. The highest BCUT2D eigenvalue weighted by atomic mass is 16.5. The van der Waals surface area contributed by atoms with Gasteiger partial charge in [0.05, 0.1) is 25.8 Å². The average Bonchev–Trinajstić information content (AvgIpc) is 3.52. The molecule has 0 aliphatic carbocycles. The summed E-state index contributed by atoms with van der Waals surface area (Å²) in [6.45, 7) is 2.22. The molecule has 3 heterocycles. The van der Waals surface area contributed by atoms with Crippen molar-refractivity contribution in [3.63, 3.8) is 0 Å². The van der Waals surface area contributed by atoms with E-state index in [4.69, 9.17) is 18.7 Å². The molecule has 1 aromatic heterocycles. The standard InChI is InChI=1S/C27H37N3O6/c1-29-15-9-5-3-4-6-10-16-34-23-18-30(26(31)14-13-20-17-25(33-2)28-36-20)19-24(23)35-22-12-8-7-11-21(22)27(29)32/h7-8,11-12,17,23-24H,3-6,9-10,13-16,18-19H2,1-2H3/t23-,24-/m1/s1. The van der Waals surface area contributed by atoms with Crippen molar-refractivity contribution in [2.24, 2.45) is 0 Å². The number of hydrogen-bond donors (Lipinski definition) is 0. The summed E-state index contributed by atoms with van der Waals surface area (Å²) in [4.78, 5) is 29.7. The van der Waals surface area contributed by atoms with E-state index < -0.39 is 0 Å². The molecule has 2 aliphatic heterocycles. The normalized spacial score (nSPS) is 22.0. The average molecular weight is 500 g/mol. The summed E-state index contributed by atoms with van der Waals surface area (Å²) < 4.78 is 22.9. The predicted molar refractivity (Wildman–Crippen MR) is 133 cm³/mol. The summed E-state index contributed by atoms with van der Waals surface area (Å²) in [5.74, 6) is 1.48. The van der Waals surface area contributed by atoms with E-state index in [-0.39, 0.29) is 30.4 Å². The highest BCUT2D eigenvalue weighted by molar-refractivity contribution is 5.96. The first kappa shape index (κ1) is 26.0. The summed E-state index contributed by atoms with van der Waals surface area (Å²) >= 11 is 0. The number of nitrogens with zero attached hydrogens (tertiary/aromatic N) is 3. The Kier molecular flexibility index (Phi) is 9.22. The molecule has 2 atom stereocenters. The number of benzene rings is 1. The molecule has 4 rings (SSSR count). The number of methoxy groups -OCH3 is 1. The third-order valence-electron chi connectivity index (χ3n) is 6.86. The van der Waals surface area contributed by atoms with Crippen molar-refractivity contribution in [3.05, 3.63) is 41.7 Å². The number of carbonyl (C=O) groups excluding carboxylic acids is 2. The molecule has 196 valence electrons. The van der Waals surface area contributed by atoms with Gasteiger partial charge in [-0.3, -0.25) is 9.59 Å². The predicted octanol–water partition coefficient (Wildman–Crippen LogP) is 3.72. The molecule has 9 nitrogen and oxygen atoms in total. The Hall–Kier alpha value is -3.07. The van der Waals surface area contributed by atoms with Gasteiger partial charge in [0.2, 0.25) is 5.91 Å². The first-order valence-electron chi connectivity index (χ1n) is 12.9. The molecule has 0 radical (unpaired) electrons. The zero-order chi connectivity index (χ0) is 25.3. The number of hydrogen-bond acceptors (Lipinski definition) is 7. The van der Waals surface area contributed by atoms with Crippen LogP contribution in [0.2, 0.25) is 0 Å². The lowest BCUT2D eigenvalue weighted by Crippen LogP contribution is -2.34. The summed E-state index contributed by atoms with van der Waals surface area (Å²) in [6, 6.07) is 9.03. The van der Waals surface area contributed by atoms with Crippen LogP contribution in [0.4, 0.5) is 0 Å². The van der Waals surface area contributed by atoms with Crippen LogP contribution in [0.3, 0.4) is 0 Å². The van der Waals surface area contributed by atoms with E-state index in [1.165, 1.54) is 7.11 Å². The van der Waals surface area contributed by atoms with Crippen LogP contribution in [0.1, 0.15) is 61.1 Å². The maximum atomic E-state index is 13.2. The van der Waals surface area contributed by atoms with Gasteiger partial charge in [-0.1, -0.05) is 37.8 Å². The van der Waals surface area contributed by atoms with Gasteiger partial charge in [-0.2, -0.15) is 0 Å². The molecule has 1 aromatic carbocycles. The number of carbonyl (C=O) groups is 2. The molecule has 9 heteroatoms. The van der Waals surface area contributed by atoms with Gasteiger partial charge in [0.1, 0.15) is 23.7 Å². The minimum atomic E-state index is -0.355. The molecule has 0 saturated carbocycles. The van der Waals surface area contributed by atoms with E-state index in [9.17, 15) is 9.59 Å². The monoisotopic (exact) mass is 499 g/mol. The molecular weight excluding hydrogens is 462 g/mol. The Morgan fingerprint density at radius 3 is 2.64 bits per heavy atom. The molecule has 2 amide bonds. The fraction of sp³-hybridized carbons (Fsp3) is 0.593. The van der Waals surface area contributed by atoms with Gasteiger partial charge >= 0.3 is 0 Å². The number of aromatic nitrogens is 1. The zero-order valence-electron chi connectivity index (χ0n) is 21.3. The van der Waals surface area contributed by atoms with Crippen LogP contribution in [0.15, 0.2) is 34.9 Å². The van der Waals surface area contributed by atoms with Gasteiger partial charge in [0.15, 0.2) is 0 Å². The molecule has 36 heavy (non-hydrogen) atoms. The molecule has 0 bridgehead atoms. The van der Waals surface area contributed by atoms with Gasteiger partial charge in [-0.25, -0.2) is 0 Å². The Balaban J connectivity index is 1.46. The van der Waals surface area contributed by atoms with Gasteiger partial charge in [-0.05, 0) is 30.1 Å². The van der Waals surface area contributed by atoms with Gasteiger partial charge in [-0.15, -0.1) is 0 Å². The molecule has 1 fully saturated rings. The van der Waals surface area contributed by atoms with Crippen molar-refractivity contribution in [1.29, 1.82) is 0 Å². The number of amides is 2. The number of fused-ring (bicyclic) bond motifs is 2. The summed E-state index contributed by atoms with van der Waals surface area (Å²) in [6.07, 6.45) is 6.63. The fourth-order valence-electron chi connectivity index (χ4n) is 4.73. The van der Waals surface area contributed by atoms with Crippen LogP contribution >= 0.6 is 0 Å². The summed E-state index contributed by atoms with van der Waals surface area (Å²) in [7, 11) is 3.36. The Bertz CT molecular complexity index is 1010. The van der Waals surface area contributed by atoms with Crippen molar-refractivity contribution in [3.8, 4) is 11.6 Å². The third-order valence-corrected chi connectivity index (χ3v) is 6.86. The summed E-state index contributed by atoms with van der Waals surface area (Å²) in [5, 5.41) is 3.79. The van der Waals surface area contributed by atoms with Crippen molar-refractivity contribution in [2.75, 3.05) is 40.4 Å². The zero-order valence-corrected chi connectivity index (χ0v) is 21.3. The van der Waals surface area contributed by atoms with Crippen LogP contribution in [0.5, 0.6) is 11.6 Å². The lowest BCUT2D eigenvalue weighted by molar-refractivity contribution is -0.130. The highest BCUT2D eigenvalue weighted by Crippen LogP contribution is 2.26. The number of rotatable bonds is 4. The Morgan fingerprint density at radius 2 is 1.83 bits per heavy atom. The minimum absolute atomic E-state index is 0.0000493. The van der Waals surface area contributed by atoms with Gasteiger partial charge < -0.3 is 28.5 Å². The van der Waals surface area contributed by atoms with Gasteiger partial charge in [0.25, 0.3) is 11.8 Å². The van der Waals surface area contributed by atoms with Crippen LogP contribution in [-0.4, -0.2) is 79.4 Å². The smallest absolute Gasteiger partial charge is 0.257 e. The second-order valence-electron chi connectivity index (χ2n) is 9.54. The first-order chi connectivity index (χ1) is 17.5. The maximum Gasteiger partial charge on any atom is 0.257 e. The maximum absolute atomic E-state index is 13.2. The van der Waals surface area contributed by atoms with E-state index in [0.717, 1.165) is 45.1 Å². The highest BCUT2D eigenvalue weighted by Gasteiger charge is 2.38. The van der Waals surface area contributed by atoms with Crippen molar-refractivity contribution < 1.29 is 28.3 Å². The molecule has 2 aliphatic rings. The van der Waals surface area contributed by atoms with E-state index in [0.29, 0.717) is 49.1 Å². The molecular formula is C27H37N3O6. The van der Waals surface area contributed by atoms with E-state index in [1.54, 1.807) is 21.9 Å². The van der Waals surface area contributed by atoms with Gasteiger partial charge in [0, 0.05) is 39.1 Å². The molecule has 2 aromatic rings. The topological polar surface area (TPSA) is 94.3 Å². The van der Waals surface area contributed by atoms with Crippen LogP contribution in [-0.2, 0) is 16.0 Å². The van der Waals surface area contributed by atoms with Crippen LogP contribution < -0.4 is 9.47 Å². The largest absolute Gasteiger partial charge is 0.485 e. The number of aryl methyl sites for hydroxylation is 1. The molecule has 1 saturated heterocycles. The molecule has 0 unspecified atom stereocenters.